The molecular weight excluding hydrogens is 398 g/mol. The van der Waals surface area contributed by atoms with Crippen LogP contribution in [0.4, 0.5) is 5.69 Å². The standard InChI is InChI=1S/C23H27N3O5/c1-30-19-9-7-18(8-10-19)25-23(29)22(28)24-15-17-11-13-26(14-12-17)21(27)16-31-20-5-3-2-4-6-20/h2-10,17H,11-16H2,1H3,(H,24,28)(H,25,29). The average Bonchev–Trinajstić information content (AvgIpc) is 2.82. The number of amides is 3. The van der Waals surface area contributed by atoms with Crippen molar-refractivity contribution in [1.29, 1.82) is 0 Å². The molecule has 31 heavy (non-hydrogen) atoms. The predicted octanol–water partition coefficient (Wildman–Crippen LogP) is 2.07. The third-order valence-corrected chi connectivity index (χ3v) is 5.18. The molecule has 0 bridgehead atoms. The van der Waals surface area contributed by atoms with Gasteiger partial charge in [0.05, 0.1) is 7.11 Å². The molecule has 2 aromatic carbocycles. The van der Waals surface area contributed by atoms with E-state index < -0.39 is 11.8 Å². The third-order valence-electron chi connectivity index (χ3n) is 5.18. The van der Waals surface area contributed by atoms with E-state index in [1.807, 2.05) is 30.3 Å². The predicted molar refractivity (Wildman–Crippen MR) is 116 cm³/mol. The van der Waals surface area contributed by atoms with E-state index in [2.05, 4.69) is 10.6 Å². The first-order valence-electron chi connectivity index (χ1n) is 10.2. The van der Waals surface area contributed by atoms with E-state index in [1.54, 1.807) is 36.3 Å². The molecule has 1 aliphatic heterocycles. The van der Waals surface area contributed by atoms with Gasteiger partial charge in [-0.1, -0.05) is 18.2 Å². The van der Waals surface area contributed by atoms with E-state index in [-0.39, 0.29) is 18.4 Å². The molecule has 2 N–H and O–H groups in total. The van der Waals surface area contributed by atoms with Crippen LogP contribution in [0.15, 0.2) is 54.6 Å². The molecule has 0 spiro atoms. The molecule has 164 valence electrons. The number of rotatable bonds is 7. The number of piperidine rings is 1. The number of anilines is 1. The van der Waals surface area contributed by atoms with Gasteiger partial charge in [0.1, 0.15) is 11.5 Å². The van der Waals surface area contributed by atoms with Gasteiger partial charge in [0, 0.05) is 25.3 Å². The number of hydrogen-bond donors (Lipinski definition) is 2. The zero-order valence-corrected chi connectivity index (χ0v) is 17.5. The van der Waals surface area contributed by atoms with E-state index in [9.17, 15) is 14.4 Å². The summed E-state index contributed by atoms with van der Waals surface area (Å²) in [6.45, 7) is 1.62. The van der Waals surface area contributed by atoms with Gasteiger partial charge in [-0.05, 0) is 55.2 Å². The normalized spacial score (nSPS) is 13.9. The van der Waals surface area contributed by atoms with Crippen LogP contribution in [0, 0.1) is 5.92 Å². The smallest absolute Gasteiger partial charge is 0.313 e. The Hall–Kier alpha value is -3.55. The largest absolute Gasteiger partial charge is 0.497 e. The zero-order chi connectivity index (χ0) is 22.1. The van der Waals surface area contributed by atoms with E-state index in [0.29, 0.717) is 36.8 Å². The summed E-state index contributed by atoms with van der Waals surface area (Å²) in [6, 6.07) is 16.0. The summed E-state index contributed by atoms with van der Waals surface area (Å²) < 4.78 is 10.6. The Kier molecular flexibility index (Phi) is 7.86. The number of ether oxygens (including phenoxy) is 2. The van der Waals surface area contributed by atoms with Gasteiger partial charge in [0.25, 0.3) is 5.91 Å². The van der Waals surface area contributed by atoms with E-state index in [0.717, 1.165) is 12.8 Å². The van der Waals surface area contributed by atoms with Gasteiger partial charge in [-0.2, -0.15) is 0 Å². The Labute approximate surface area is 181 Å². The van der Waals surface area contributed by atoms with Crippen molar-refractivity contribution in [3.8, 4) is 11.5 Å². The molecule has 3 amide bonds. The SMILES string of the molecule is COc1ccc(NC(=O)C(=O)NCC2CCN(C(=O)COc3ccccc3)CC2)cc1. The van der Waals surface area contributed by atoms with Gasteiger partial charge >= 0.3 is 11.8 Å². The molecule has 0 saturated carbocycles. The number of methoxy groups -OCH3 is 1. The monoisotopic (exact) mass is 425 g/mol. The molecule has 3 rings (SSSR count). The lowest BCUT2D eigenvalue weighted by Crippen LogP contribution is -2.44. The number of likely N-dealkylation sites (tertiary alicyclic amines) is 1. The molecular formula is C23H27N3O5. The van der Waals surface area contributed by atoms with Crippen molar-refractivity contribution >= 4 is 23.4 Å². The number of para-hydroxylation sites is 1. The summed E-state index contributed by atoms with van der Waals surface area (Å²) in [4.78, 5) is 38.2. The number of carbonyl (C=O) groups is 3. The Balaban J connectivity index is 1.34. The minimum absolute atomic E-state index is 0.0109. The molecule has 1 saturated heterocycles. The minimum atomic E-state index is -0.712. The lowest BCUT2D eigenvalue weighted by Gasteiger charge is -2.32. The average molecular weight is 425 g/mol. The van der Waals surface area contributed by atoms with Gasteiger partial charge in [0.15, 0.2) is 6.61 Å². The lowest BCUT2D eigenvalue weighted by atomic mass is 9.96. The van der Waals surface area contributed by atoms with Crippen LogP contribution in [-0.2, 0) is 14.4 Å². The van der Waals surface area contributed by atoms with Crippen LogP contribution in [0.5, 0.6) is 11.5 Å². The van der Waals surface area contributed by atoms with Crippen LogP contribution in [-0.4, -0.2) is 56.0 Å². The highest BCUT2D eigenvalue weighted by molar-refractivity contribution is 6.39. The van der Waals surface area contributed by atoms with Crippen LogP contribution in [0.3, 0.4) is 0 Å². The first-order chi connectivity index (χ1) is 15.0. The second kappa shape index (κ2) is 11.0. The summed E-state index contributed by atoms with van der Waals surface area (Å²) >= 11 is 0. The van der Waals surface area contributed by atoms with Gasteiger partial charge in [0.2, 0.25) is 0 Å². The number of carbonyl (C=O) groups excluding carboxylic acids is 3. The highest BCUT2D eigenvalue weighted by Crippen LogP contribution is 2.18. The Bertz CT molecular complexity index is 878. The van der Waals surface area contributed by atoms with Gasteiger partial charge in [-0.25, -0.2) is 0 Å². The van der Waals surface area contributed by atoms with E-state index in [1.165, 1.54) is 0 Å². The van der Waals surface area contributed by atoms with Crippen LogP contribution >= 0.6 is 0 Å². The molecule has 0 unspecified atom stereocenters. The first kappa shape index (κ1) is 22.1. The Morgan fingerprint density at radius 2 is 1.61 bits per heavy atom. The van der Waals surface area contributed by atoms with Crippen molar-refractivity contribution in [2.24, 2.45) is 5.92 Å². The first-order valence-corrected chi connectivity index (χ1v) is 10.2. The summed E-state index contributed by atoms with van der Waals surface area (Å²) in [5, 5.41) is 5.24. The van der Waals surface area contributed by atoms with E-state index >= 15 is 0 Å². The zero-order valence-electron chi connectivity index (χ0n) is 17.5. The summed E-state index contributed by atoms with van der Waals surface area (Å²) in [5.41, 5.74) is 0.519. The fraction of sp³-hybridized carbons (Fsp3) is 0.348. The number of nitrogens with zero attached hydrogens (tertiary/aromatic N) is 1. The van der Waals surface area contributed by atoms with Gasteiger partial charge in [-0.3, -0.25) is 14.4 Å². The number of hydrogen-bond acceptors (Lipinski definition) is 5. The number of nitrogens with one attached hydrogen (secondary N) is 2. The third kappa shape index (κ3) is 6.74. The second-order valence-electron chi connectivity index (χ2n) is 7.32. The van der Waals surface area contributed by atoms with Crippen LogP contribution in [0.2, 0.25) is 0 Å². The van der Waals surface area contributed by atoms with Crippen molar-refractivity contribution in [1.82, 2.24) is 10.2 Å². The molecule has 1 fully saturated rings. The fourth-order valence-corrected chi connectivity index (χ4v) is 3.32. The molecule has 8 heteroatoms. The molecule has 2 aromatic rings. The Morgan fingerprint density at radius 1 is 0.935 bits per heavy atom. The van der Waals surface area contributed by atoms with Crippen LogP contribution < -0.4 is 20.1 Å². The van der Waals surface area contributed by atoms with Crippen molar-refractivity contribution in [3.05, 3.63) is 54.6 Å². The molecule has 1 heterocycles. The second-order valence-corrected chi connectivity index (χ2v) is 7.32. The van der Waals surface area contributed by atoms with Crippen molar-refractivity contribution < 1.29 is 23.9 Å². The maximum atomic E-state index is 12.3. The van der Waals surface area contributed by atoms with Crippen molar-refractivity contribution in [2.75, 3.05) is 38.7 Å². The summed E-state index contributed by atoms with van der Waals surface area (Å²) in [6.07, 6.45) is 1.52. The summed E-state index contributed by atoms with van der Waals surface area (Å²) in [5.74, 6) is 0.115. The molecule has 1 aliphatic rings. The quantitative estimate of drug-likeness (QED) is 0.662. The molecule has 8 nitrogen and oxygen atoms in total. The van der Waals surface area contributed by atoms with Gasteiger partial charge in [-0.15, -0.1) is 0 Å². The molecule has 0 atom stereocenters. The van der Waals surface area contributed by atoms with Crippen molar-refractivity contribution in [2.45, 2.75) is 12.8 Å². The highest BCUT2D eigenvalue weighted by atomic mass is 16.5. The van der Waals surface area contributed by atoms with Crippen LogP contribution in [0.1, 0.15) is 12.8 Å². The highest BCUT2D eigenvalue weighted by Gasteiger charge is 2.24. The molecule has 0 radical (unpaired) electrons. The molecule has 0 aromatic heterocycles. The van der Waals surface area contributed by atoms with Gasteiger partial charge < -0.3 is 25.0 Å². The van der Waals surface area contributed by atoms with Crippen LogP contribution in [0.25, 0.3) is 0 Å². The maximum absolute atomic E-state index is 12.3. The maximum Gasteiger partial charge on any atom is 0.313 e. The number of benzene rings is 2. The Morgan fingerprint density at radius 3 is 2.26 bits per heavy atom. The molecule has 0 aliphatic carbocycles. The fourth-order valence-electron chi connectivity index (χ4n) is 3.32. The lowest BCUT2D eigenvalue weighted by molar-refractivity contribution is -0.136. The minimum Gasteiger partial charge on any atom is -0.497 e. The topological polar surface area (TPSA) is 97.0 Å². The summed E-state index contributed by atoms with van der Waals surface area (Å²) in [7, 11) is 1.56. The van der Waals surface area contributed by atoms with E-state index in [4.69, 9.17) is 9.47 Å². The van der Waals surface area contributed by atoms with Crippen molar-refractivity contribution in [3.63, 3.8) is 0 Å².